The van der Waals surface area contributed by atoms with Crippen LogP contribution in [0.15, 0.2) is 12.3 Å². The van der Waals surface area contributed by atoms with Gasteiger partial charge >= 0.3 is 11.8 Å². The second-order valence-electron chi connectivity index (χ2n) is 6.34. The summed E-state index contributed by atoms with van der Waals surface area (Å²) in [5, 5.41) is 9.44. The zero-order valence-corrected chi connectivity index (χ0v) is 14.6. The molecule has 1 atom stereocenters. The van der Waals surface area contributed by atoms with Crippen LogP contribution in [0.4, 0.5) is 5.82 Å². The Morgan fingerprint density at radius 2 is 2.17 bits per heavy atom. The molecule has 0 aromatic carbocycles. The van der Waals surface area contributed by atoms with Crippen molar-refractivity contribution in [2.24, 2.45) is 5.92 Å². The van der Waals surface area contributed by atoms with Crippen LogP contribution in [0.25, 0.3) is 0 Å². The van der Waals surface area contributed by atoms with Crippen LogP contribution in [-0.2, 0) is 20.9 Å². The number of amides is 2. The molecular weight excluding hydrogens is 310 g/mol. The van der Waals surface area contributed by atoms with Gasteiger partial charge in [-0.05, 0) is 39.3 Å². The summed E-state index contributed by atoms with van der Waals surface area (Å²) in [5.41, 5.74) is 0. The summed E-state index contributed by atoms with van der Waals surface area (Å²) < 4.78 is 6.69. The van der Waals surface area contributed by atoms with E-state index in [0.29, 0.717) is 31.4 Å². The van der Waals surface area contributed by atoms with Crippen molar-refractivity contribution in [3.05, 3.63) is 12.3 Å². The number of rotatable bonds is 9. The number of carbonyl (C=O) groups is 2. The maximum atomic E-state index is 11.9. The second kappa shape index (κ2) is 8.79. The van der Waals surface area contributed by atoms with E-state index in [9.17, 15) is 9.59 Å². The molecule has 1 saturated carbocycles. The zero-order chi connectivity index (χ0) is 17.5. The molecule has 24 heavy (non-hydrogen) atoms. The first kappa shape index (κ1) is 18.4. The van der Waals surface area contributed by atoms with E-state index in [-0.39, 0.29) is 6.04 Å². The van der Waals surface area contributed by atoms with E-state index in [1.165, 1.54) is 12.8 Å². The highest BCUT2D eigenvalue weighted by Gasteiger charge is 2.33. The lowest BCUT2D eigenvalue weighted by Gasteiger charge is -2.24. The number of carbonyl (C=O) groups excluding carboxylic acids is 2. The van der Waals surface area contributed by atoms with Crippen LogP contribution in [0.1, 0.15) is 19.3 Å². The SMILES string of the molecule is COCCCn1ccc(NC(=O)C(=O)NC[C@@H](C2CC2)N(C)C)n1. The molecule has 1 aromatic heterocycles. The molecule has 2 rings (SSSR count). The normalized spacial score (nSPS) is 15.3. The Morgan fingerprint density at radius 1 is 1.42 bits per heavy atom. The summed E-state index contributed by atoms with van der Waals surface area (Å²) in [5.74, 6) is -0.327. The number of nitrogens with zero attached hydrogens (tertiary/aromatic N) is 3. The van der Waals surface area contributed by atoms with Gasteiger partial charge in [0.05, 0.1) is 0 Å². The Balaban J connectivity index is 1.75. The quantitative estimate of drug-likeness (QED) is 0.500. The number of hydrogen-bond donors (Lipinski definition) is 2. The van der Waals surface area contributed by atoms with Crippen molar-refractivity contribution in [2.75, 3.05) is 39.7 Å². The van der Waals surface area contributed by atoms with Crippen LogP contribution < -0.4 is 10.6 Å². The van der Waals surface area contributed by atoms with Gasteiger partial charge in [0.25, 0.3) is 0 Å². The third-order valence-electron chi connectivity index (χ3n) is 4.13. The van der Waals surface area contributed by atoms with Crippen molar-refractivity contribution >= 4 is 17.6 Å². The molecule has 0 bridgehead atoms. The van der Waals surface area contributed by atoms with Crippen molar-refractivity contribution < 1.29 is 14.3 Å². The van der Waals surface area contributed by atoms with Crippen molar-refractivity contribution in [1.82, 2.24) is 20.0 Å². The lowest BCUT2D eigenvalue weighted by molar-refractivity contribution is -0.136. The van der Waals surface area contributed by atoms with Crippen LogP contribution in [0.5, 0.6) is 0 Å². The average Bonchev–Trinajstić information content (AvgIpc) is 3.27. The number of aryl methyl sites for hydroxylation is 1. The fourth-order valence-electron chi connectivity index (χ4n) is 2.63. The minimum atomic E-state index is -0.689. The van der Waals surface area contributed by atoms with Gasteiger partial charge < -0.3 is 20.3 Å². The second-order valence-corrected chi connectivity index (χ2v) is 6.34. The lowest BCUT2D eigenvalue weighted by Crippen LogP contribution is -2.45. The molecule has 2 amide bonds. The molecule has 1 aliphatic carbocycles. The van der Waals surface area contributed by atoms with E-state index in [4.69, 9.17) is 4.74 Å². The van der Waals surface area contributed by atoms with Gasteiger partial charge in [0.1, 0.15) is 0 Å². The maximum absolute atomic E-state index is 11.9. The molecule has 0 saturated heterocycles. The lowest BCUT2D eigenvalue weighted by atomic mass is 10.1. The Kier molecular flexibility index (Phi) is 6.74. The first-order valence-electron chi connectivity index (χ1n) is 8.29. The van der Waals surface area contributed by atoms with Crippen molar-refractivity contribution in [3.63, 3.8) is 0 Å². The van der Waals surface area contributed by atoms with E-state index in [0.717, 1.165) is 6.42 Å². The summed E-state index contributed by atoms with van der Waals surface area (Å²) in [6, 6.07) is 1.95. The smallest absolute Gasteiger partial charge is 0.314 e. The number of likely N-dealkylation sites (N-methyl/N-ethyl adjacent to an activating group) is 1. The van der Waals surface area contributed by atoms with Crippen LogP contribution in [0.3, 0.4) is 0 Å². The largest absolute Gasteiger partial charge is 0.385 e. The van der Waals surface area contributed by atoms with Crippen LogP contribution in [0, 0.1) is 5.92 Å². The highest BCUT2D eigenvalue weighted by Crippen LogP contribution is 2.34. The third-order valence-corrected chi connectivity index (χ3v) is 4.13. The van der Waals surface area contributed by atoms with Crippen LogP contribution >= 0.6 is 0 Å². The molecule has 0 radical (unpaired) electrons. The standard InChI is InChI=1S/C16H27N5O3/c1-20(2)13(12-5-6-12)11-17-15(22)16(23)18-14-7-9-21(19-14)8-4-10-24-3/h7,9,12-13H,4-6,8,10-11H2,1-3H3,(H,17,22)(H,18,19,23)/t13-/m0/s1. The number of hydrogen-bond acceptors (Lipinski definition) is 5. The van der Waals surface area contributed by atoms with Gasteiger partial charge in [-0.15, -0.1) is 0 Å². The first-order chi connectivity index (χ1) is 11.5. The van der Waals surface area contributed by atoms with Gasteiger partial charge in [-0.3, -0.25) is 14.3 Å². The summed E-state index contributed by atoms with van der Waals surface area (Å²) >= 11 is 0. The molecule has 1 heterocycles. The molecule has 0 aliphatic heterocycles. The number of methoxy groups -OCH3 is 1. The first-order valence-corrected chi connectivity index (χ1v) is 8.29. The fraction of sp³-hybridized carbons (Fsp3) is 0.688. The number of nitrogens with one attached hydrogen (secondary N) is 2. The number of aromatic nitrogens is 2. The van der Waals surface area contributed by atoms with E-state index in [1.54, 1.807) is 24.1 Å². The topological polar surface area (TPSA) is 88.5 Å². The highest BCUT2D eigenvalue weighted by atomic mass is 16.5. The monoisotopic (exact) mass is 337 g/mol. The number of ether oxygens (including phenoxy) is 1. The molecule has 1 fully saturated rings. The summed E-state index contributed by atoms with van der Waals surface area (Å²) in [6.07, 6.45) is 4.97. The van der Waals surface area contributed by atoms with Gasteiger partial charge in [0.15, 0.2) is 5.82 Å². The van der Waals surface area contributed by atoms with E-state index < -0.39 is 11.8 Å². The zero-order valence-electron chi connectivity index (χ0n) is 14.6. The number of anilines is 1. The summed E-state index contributed by atoms with van der Waals surface area (Å²) in [6.45, 7) is 1.83. The van der Waals surface area contributed by atoms with E-state index in [1.807, 2.05) is 14.1 Å². The molecule has 2 N–H and O–H groups in total. The molecule has 8 heteroatoms. The average molecular weight is 337 g/mol. The predicted molar refractivity (Wildman–Crippen MR) is 90.6 cm³/mol. The molecule has 1 aromatic rings. The summed E-state index contributed by atoms with van der Waals surface area (Å²) in [4.78, 5) is 26.0. The predicted octanol–water partition coefficient (Wildman–Crippen LogP) is 0.315. The van der Waals surface area contributed by atoms with Gasteiger partial charge in [-0.1, -0.05) is 0 Å². The van der Waals surface area contributed by atoms with E-state index >= 15 is 0 Å². The Morgan fingerprint density at radius 3 is 2.79 bits per heavy atom. The molecule has 0 spiro atoms. The van der Waals surface area contributed by atoms with Crippen molar-refractivity contribution in [3.8, 4) is 0 Å². The van der Waals surface area contributed by atoms with Crippen LogP contribution in [0.2, 0.25) is 0 Å². The molecule has 1 aliphatic rings. The van der Waals surface area contributed by atoms with Gasteiger partial charge in [0, 0.05) is 45.1 Å². The van der Waals surface area contributed by atoms with Gasteiger partial charge in [0.2, 0.25) is 0 Å². The minimum Gasteiger partial charge on any atom is -0.385 e. The molecule has 8 nitrogen and oxygen atoms in total. The van der Waals surface area contributed by atoms with Crippen molar-refractivity contribution in [1.29, 1.82) is 0 Å². The Hall–Kier alpha value is -1.93. The molecular formula is C16H27N5O3. The summed E-state index contributed by atoms with van der Waals surface area (Å²) in [7, 11) is 5.63. The minimum absolute atomic E-state index is 0.279. The molecule has 0 unspecified atom stereocenters. The maximum Gasteiger partial charge on any atom is 0.314 e. The fourth-order valence-corrected chi connectivity index (χ4v) is 2.63. The van der Waals surface area contributed by atoms with E-state index in [2.05, 4.69) is 20.6 Å². The highest BCUT2D eigenvalue weighted by molar-refractivity contribution is 6.39. The third kappa shape index (κ3) is 5.61. The van der Waals surface area contributed by atoms with Gasteiger partial charge in [-0.25, -0.2) is 0 Å². The Bertz CT molecular complexity index is 552. The van der Waals surface area contributed by atoms with Crippen LogP contribution in [-0.4, -0.2) is 66.9 Å². The Labute approximate surface area is 142 Å². The van der Waals surface area contributed by atoms with Crippen molar-refractivity contribution in [2.45, 2.75) is 31.8 Å². The molecule has 134 valence electrons. The van der Waals surface area contributed by atoms with Gasteiger partial charge in [-0.2, -0.15) is 5.10 Å².